The van der Waals surface area contributed by atoms with Crippen LogP contribution in [0.5, 0.6) is 11.5 Å². The van der Waals surface area contributed by atoms with Crippen LogP contribution < -0.4 is 9.47 Å². The summed E-state index contributed by atoms with van der Waals surface area (Å²) in [6, 6.07) is 0.919. The van der Waals surface area contributed by atoms with E-state index < -0.39 is 42.4 Å². The normalized spacial score (nSPS) is 12.1. The molecule has 0 radical (unpaired) electrons. The van der Waals surface area contributed by atoms with Gasteiger partial charge >= 0.3 is 12.0 Å². The number of alkyl halides is 3. The van der Waals surface area contributed by atoms with Gasteiger partial charge < -0.3 is 9.47 Å². The summed E-state index contributed by atoms with van der Waals surface area (Å²) in [5, 5.41) is 10.7. The van der Waals surface area contributed by atoms with Crippen LogP contribution in [0.2, 0.25) is 0 Å². The molecular weight excluding hydrogens is 331 g/mol. The lowest BCUT2D eigenvalue weighted by molar-refractivity contribution is -0.389. The second-order valence-electron chi connectivity index (χ2n) is 3.22. The van der Waals surface area contributed by atoms with Gasteiger partial charge in [0.05, 0.1) is 16.9 Å². The molecule has 0 spiro atoms. The number of benzene rings is 1. The second-order valence-corrected chi connectivity index (χ2v) is 5.78. The summed E-state index contributed by atoms with van der Waals surface area (Å²) in [6.45, 7) is 0. The summed E-state index contributed by atoms with van der Waals surface area (Å²) >= 11 is 0. The van der Waals surface area contributed by atoms with Crippen molar-refractivity contribution in [1.29, 1.82) is 0 Å². The lowest BCUT2D eigenvalue weighted by atomic mass is 10.2. The zero-order valence-corrected chi connectivity index (χ0v) is 11.0. The van der Waals surface area contributed by atoms with Crippen molar-refractivity contribution in [3.63, 3.8) is 0 Å². The summed E-state index contributed by atoms with van der Waals surface area (Å²) in [7, 11) is 1.46. The van der Waals surface area contributed by atoms with E-state index in [0.717, 1.165) is 7.11 Å². The van der Waals surface area contributed by atoms with E-state index >= 15 is 0 Å². The number of nitro benzene ring substituents is 1. The van der Waals surface area contributed by atoms with E-state index in [1.807, 2.05) is 0 Å². The Balaban J connectivity index is 3.61. The highest BCUT2D eigenvalue weighted by molar-refractivity contribution is 8.13. The van der Waals surface area contributed by atoms with Crippen LogP contribution in [0, 0.1) is 10.1 Å². The van der Waals surface area contributed by atoms with Crippen molar-refractivity contribution in [3.05, 3.63) is 22.2 Å². The number of methoxy groups -OCH3 is 1. The maximum atomic E-state index is 12.2. The highest BCUT2D eigenvalue weighted by Gasteiger charge is 2.37. The molecule has 0 aliphatic rings. The number of hydrogen-bond acceptors (Lipinski definition) is 6. The summed E-state index contributed by atoms with van der Waals surface area (Å²) in [4.78, 5) is 8.67. The van der Waals surface area contributed by atoms with Crippen molar-refractivity contribution in [2.45, 2.75) is 11.3 Å². The molecule has 0 saturated carbocycles. The molecule has 0 aliphatic heterocycles. The molecule has 0 bridgehead atoms. The molecular formula is C8H5ClF3NO6S. The summed E-state index contributed by atoms with van der Waals surface area (Å²) in [6.07, 6.45) is -5.22. The summed E-state index contributed by atoms with van der Waals surface area (Å²) in [5.74, 6) is -2.06. The molecule has 0 aliphatic carbocycles. The van der Waals surface area contributed by atoms with Crippen LogP contribution in [0.1, 0.15) is 0 Å². The van der Waals surface area contributed by atoms with Crippen molar-refractivity contribution >= 4 is 25.4 Å². The van der Waals surface area contributed by atoms with E-state index in [1.54, 1.807) is 0 Å². The molecule has 0 fully saturated rings. The third-order valence-electron chi connectivity index (χ3n) is 1.92. The fourth-order valence-electron chi connectivity index (χ4n) is 1.21. The fraction of sp³-hybridized carbons (Fsp3) is 0.250. The Bertz CT molecular complexity index is 644. The second kappa shape index (κ2) is 5.32. The van der Waals surface area contributed by atoms with Crippen molar-refractivity contribution in [1.82, 2.24) is 0 Å². The number of ether oxygens (including phenoxy) is 2. The Morgan fingerprint density at radius 3 is 2.25 bits per heavy atom. The minimum atomic E-state index is -5.22. The van der Waals surface area contributed by atoms with Crippen LogP contribution in [0.3, 0.4) is 0 Å². The maximum Gasteiger partial charge on any atom is 0.573 e. The molecule has 1 aromatic rings. The molecule has 112 valence electrons. The van der Waals surface area contributed by atoms with E-state index in [4.69, 9.17) is 10.7 Å². The lowest BCUT2D eigenvalue weighted by Gasteiger charge is -2.13. The number of nitro groups is 1. The molecule has 20 heavy (non-hydrogen) atoms. The third kappa shape index (κ3) is 3.87. The fourth-order valence-corrected chi connectivity index (χ4v) is 1.98. The van der Waals surface area contributed by atoms with Crippen molar-refractivity contribution in [2.24, 2.45) is 0 Å². The lowest BCUT2D eigenvalue weighted by Crippen LogP contribution is -2.18. The smallest absolute Gasteiger partial charge is 0.493 e. The van der Waals surface area contributed by atoms with Gasteiger partial charge in [-0.3, -0.25) is 10.1 Å². The molecule has 12 heteroatoms. The zero-order valence-electron chi connectivity index (χ0n) is 9.47. The first kappa shape index (κ1) is 16.3. The Morgan fingerprint density at radius 2 is 1.90 bits per heavy atom. The Labute approximate surface area is 114 Å². The third-order valence-corrected chi connectivity index (χ3v) is 3.26. The molecule has 1 rings (SSSR count). The Hall–Kier alpha value is -1.75. The SMILES string of the molecule is COc1cc(S(=O)(=O)Cl)cc([N+](=O)[O-])c1OC(F)(F)F. The number of hydrogen-bond donors (Lipinski definition) is 0. The van der Waals surface area contributed by atoms with Gasteiger partial charge in [-0.2, -0.15) is 0 Å². The van der Waals surface area contributed by atoms with Gasteiger partial charge in [0.1, 0.15) is 0 Å². The molecule has 0 atom stereocenters. The average molecular weight is 336 g/mol. The highest BCUT2D eigenvalue weighted by Crippen LogP contribution is 2.42. The molecule has 0 saturated heterocycles. The van der Waals surface area contributed by atoms with E-state index in [-0.39, 0.29) is 0 Å². The average Bonchev–Trinajstić information content (AvgIpc) is 2.25. The van der Waals surface area contributed by atoms with Gasteiger partial charge in [-0.05, 0) is 0 Å². The summed E-state index contributed by atoms with van der Waals surface area (Å²) in [5.41, 5.74) is -1.25. The first-order valence-electron chi connectivity index (χ1n) is 4.52. The topological polar surface area (TPSA) is 95.7 Å². The molecule has 0 N–H and O–H groups in total. The van der Waals surface area contributed by atoms with Gasteiger partial charge in [-0.1, -0.05) is 0 Å². The largest absolute Gasteiger partial charge is 0.573 e. The minimum absolute atomic E-state index is 0.339. The van der Waals surface area contributed by atoms with Crippen LogP contribution in [-0.2, 0) is 9.05 Å². The predicted molar refractivity (Wildman–Crippen MR) is 59.4 cm³/mol. The molecule has 0 heterocycles. The highest BCUT2D eigenvalue weighted by atomic mass is 35.7. The monoisotopic (exact) mass is 335 g/mol. The van der Waals surface area contributed by atoms with Gasteiger partial charge in [-0.25, -0.2) is 8.42 Å². The minimum Gasteiger partial charge on any atom is -0.493 e. The number of rotatable bonds is 4. The zero-order chi connectivity index (χ0) is 15.7. The van der Waals surface area contributed by atoms with Gasteiger partial charge in [0.2, 0.25) is 5.75 Å². The number of halogens is 4. The Kier molecular flexibility index (Phi) is 4.34. The van der Waals surface area contributed by atoms with E-state index in [0.29, 0.717) is 12.1 Å². The van der Waals surface area contributed by atoms with E-state index in [1.165, 1.54) is 0 Å². The van der Waals surface area contributed by atoms with Gasteiger partial charge in [0.25, 0.3) is 9.05 Å². The summed E-state index contributed by atoms with van der Waals surface area (Å²) < 4.78 is 66.7. The predicted octanol–water partition coefficient (Wildman–Crippen LogP) is 2.43. The van der Waals surface area contributed by atoms with Gasteiger partial charge in [0.15, 0.2) is 5.75 Å². The molecule has 0 amide bonds. The quantitative estimate of drug-likeness (QED) is 0.476. The van der Waals surface area contributed by atoms with Crippen molar-refractivity contribution < 1.29 is 36.0 Å². The molecule has 0 aromatic heterocycles. The number of nitrogens with zero attached hydrogens (tertiary/aromatic N) is 1. The van der Waals surface area contributed by atoms with Crippen molar-refractivity contribution in [3.8, 4) is 11.5 Å². The first-order chi connectivity index (χ1) is 8.95. The van der Waals surface area contributed by atoms with Crippen LogP contribution in [0.15, 0.2) is 17.0 Å². The van der Waals surface area contributed by atoms with E-state index in [2.05, 4.69) is 9.47 Å². The Morgan fingerprint density at radius 1 is 1.35 bits per heavy atom. The van der Waals surface area contributed by atoms with Crippen molar-refractivity contribution in [2.75, 3.05) is 7.11 Å². The molecule has 7 nitrogen and oxygen atoms in total. The molecule has 0 unspecified atom stereocenters. The van der Waals surface area contributed by atoms with E-state index in [9.17, 15) is 31.7 Å². The maximum absolute atomic E-state index is 12.2. The van der Waals surface area contributed by atoms with Crippen LogP contribution in [0.25, 0.3) is 0 Å². The van der Waals surface area contributed by atoms with Crippen LogP contribution in [-0.4, -0.2) is 26.8 Å². The van der Waals surface area contributed by atoms with Gasteiger partial charge in [-0.15, -0.1) is 13.2 Å². The van der Waals surface area contributed by atoms with Gasteiger partial charge in [0, 0.05) is 22.8 Å². The van der Waals surface area contributed by atoms with Crippen LogP contribution in [0.4, 0.5) is 18.9 Å². The first-order valence-corrected chi connectivity index (χ1v) is 6.83. The standard InChI is InChI=1S/C8H5ClF3NO6S/c1-18-6-3-4(20(9,16)17)2-5(13(14)15)7(6)19-8(10,11)12/h2-3H,1H3. The van der Waals surface area contributed by atoms with Crippen LogP contribution >= 0.6 is 10.7 Å². The molecule has 1 aromatic carbocycles.